The van der Waals surface area contributed by atoms with Crippen LogP contribution in [0.1, 0.15) is 44.9 Å². The van der Waals surface area contributed by atoms with Crippen molar-refractivity contribution in [1.29, 1.82) is 0 Å². The van der Waals surface area contributed by atoms with Gasteiger partial charge in [0, 0.05) is 13.2 Å². The van der Waals surface area contributed by atoms with Crippen LogP contribution in [0.3, 0.4) is 0 Å². The highest BCUT2D eigenvalue weighted by Gasteiger charge is 2.61. The van der Waals surface area contributed by atoms with Gasteiger partial charge in [-0.2, -0.15) is 0 Å². The molecule has 4 heteroatoms. The van der Waals surface area contributed by atoms with Gasteiger partial charge in [0.1, 0.15) is 5.54 Å². The van der Waals surface area contributed by atoms with Gasteiger partial charge in [0.2, 0.25) is 0 Å². The van der Waals surface area contributed by atoms with Gasteiger partial charge in [-0.25, -0.2) is 0 Å². The maximum Gasteiger partial charge on any atom is 0.326 e. The van der Waals surface area contributed by atoms with Gasteiger partial charge >= 0.3 is 5.97 Å². The first-order valence-electron chi connectivity index (χ1n) is 8.67. The predicted molar refractivity (Wildman–Crippen MR) is 78.8 cm³/mol. The van der Waals surface area contributed by atoms with Crippen LogP contribution in [0.15, 0.2) is 0 Å². The Morgan fingerprint density at radius 3 is 2.38 bits per heavy atom. The summed E-state index contributed by atoms with van der Waals surface area (Å²) in [5, 5.41) is 3.67. The third-order valence-corrected chi connectivity index (χ3v) is 6.60. The molecule has 5 fully saturated rings. The van der Waals surface area contributed by atoms with Crippen LogP contribution < -0.4 is 5.32 Å². The fraction of sp³-hybridized carbons (Fsp3) is 0.941. The Labute approximate surface area is 126 Å². The number of rotatable bonds is 4. The zero-order chi connectivity index (χ0) is 14.4. The molecule has 0 amide bonds. The molecule has 1 N–H and O–H groups in total. The molecular formula is C17H27NO3. The molecule has 5 aliphatic rings. The molecule has 0 radical (unpaired) electrons. The van der Waals surface area contributed by atoms with Crippen LogP contribution in [-0.4, -0.2) is 37.9 Å². The molecule has 4 nitrogen and oxygen atoms in total. The summed E-state index contributed by atoms with van der Waals surface area (Å²) in [7, 11) is 1.54. The van der Waals surface area contributed by atoms with E-state index >= 15 is 0 Å². The van der Waals surface area contributed by atoms with Gasteiger partial charge in [-0.3, -0.25) is 10.1 Å². The van der Waals surface area contributed by atoms with Gasteiger partial charge in [0.15, 0.2) is 0 Å². The van der Waals surface area contributed by atoms with Crippen LogP contribution in [-0.2, 0) is 14.3 Å². The highest BCUT2D eigenvalue weighted by molar-refractivity contribution is 5.82. The zero-order valence-electron chi connectivity index (χ0n) is 13.0. The molecule has 0 aromatic carbocycles. The fourth-order valence-electron chi connectivity index (χ4n) is 5.88. The van der Waals surface area contributed by atoms with Crippen molar-refractivity contribution < 1.29 is 14.3 Å². The van der Waals surface area contributed by atoms with Crippen molar-refractivity contribution in [3.8, 4) is 0 Å². The van der Waals surface area contributed by atoms with E-state index in [2.05, 4.69) is 5.32 Å². The van der Waals surface area contributed by atoms with E-state index in [9.17, 15) is 4.79 Å². The molecule has 4 aliphatic carbocycles. The molecule has 1 saturated heterocycles. The Bertz CT molecular complexity index is 388. The summed E-state index contributed by atoms with van der Waals surface area (Å²) < 4.78 is 11.0. The average molecular weight is 293 g/mol. The van der Waals surface area contributed by atoms with Crippen molar-refractivity contribution in [2.24, 2.45) is 23.7 Å². The second kappa shape index (κ2) is 5.24. The summed E-state index contributed by atoms with van der Waals surface area (Å²) >= 11 is 0. The molecule has 21 heavy (non-hydrogen) atoms. The summed E-state index contributed by atoms with van der Waals surface area (Å²) in [5.41, 5.74) is -0.422. The van der Waals surface area contributed by atoms with E-state index in [0.29, 0.717) is 11.8 Å². The quantitative estimate of drug-likeness (QED) is 0.807. The van der Waals surface area contributed by atoms with Crippen molar-refractivity contribution in [2.45, 2.75) is 56.6 Å². The lowest BCUT2D eigenvalue weighted by molar-refractivity contribution is -0.168. The first kappa shape index (κ1) is 14.0. The van der Waals surface area contributed by atoms with Gasteiger partial charge in [0.05, 0.1) is 13.2 Å². The highest BCUT2D eigenvalue weighted by Crippen LogP contribution is 2.58. The number of hydrogen-bond acceptors (Lipinski definition) is 4. The van der Waals surface area contributed by atoms with Crippen LogP contribution in [0.5, 0.6) is 0 Å². The summed E-state index contributed by atoms with van der Waals surface area (Å²) in [5.74, 6) is 2.64. The lowest BCUT2D eigenvalue weighted by atomic mass is 9.48. The van der Waals surface area contributed by atoms with Gasteiger partial charge in [0.25, 0.3) is 0 Å². The second-order valence-corrected chi connectivity index (χ2v) is 7.68. The molecule has 4 bridgehead atoms. The lowest BCUT2D eigenvalue weighted by Gasteiger charge is -2.59. The molecule has 0 spiro atoms. The smallest absolute Gasteiger partial charge is 0.326 e. The minimum Gasteiger partial charge on any atom is -0.468 e. The van der Waals surface area contributed by atoms with Crippen molar-refractivity contribution in [2.75, 3.05) is 20.3 Å². The Morgan fingerprint density at radius 2 is 1.86 bits per heavy atom. The van der Waals surface area contributed by atoms with Gasteiger partial charge in [-0.05, 0) is 68.6 Å². The van der Waals surface area contributed by atoms with Crippen molar-refractivity contribution >= 4 is 5.97 Å². The lowest BCUT2D eigenvalue weighted by Crippen LogP contribution is -2.70. The van der Waals surface area contributed by atoms with Crippen LogP contribution in [0.4, 0.5) is 0 Å². The Balaban J connectivity index is 1.57. The molecule has 1 unspecified atom stereocenters. The van der Waals surface area contributed by atoms with Crippen molar-refractivity contribution in [1.82, 2.24) is 5.32 Å². The van der Waals surface area contributed by atoms with E-state index in [0.717, 1.165) is 37.8 Å². The SMILES string of the molecule is COC(=O)C1(NCC2CCCO2)C2CC3CC(C2)CC1C3. The number of ether oxygens (including phenoxy) is 2. The topological polar surface area (TPSA) is 47.6 Å². The largest absolute Gasteiger partial charge is 0.468 e. The third-order valence-electron chi connectivity index (χ3n) is 6.60. The fourth-order valence-corrected chi connectivity index (χ4v) is 5.88. The second-order valence-electron chi connectivity index (χ2n) is 7.68. The first-order valence-corrected chi connectivity index (χ1v) is 8.67. The Kier molecular flexibility index (Phi) is 3.49. The minimum atomic E-state index is -0.422. The molecule has 1 heterocycles. The van der Waals surface area contributed by atoms with E-state index in [-0.39, 0.29) is 12.1 Å². The van der Waals surface area contributed by atoms with Crippen LogP contribution in [0.2, 0.25) is 0 Å². The molecule has 0 aromatic rings. The van der Waals surface area contributed by atoms with E-state index < -0.39 is 5.54 Å². The number of carbonyl (C=O) groups is 1. The summed E-state index contributed by atoms with van der Waals surface area (Å²) in [6.07, 6.45) is 8.78. The van der Waals surface area contributed by atoms with Gasteiger partial charge < -0.3 is 9.47 Å². The van der Waals surface area contributed by atoms with Gasteiger partial charge in [-0.15, -0.1) is 0 Å². The zero-order valence-corrected chi connectivity index (χ0v) is 13.0. The molecule has 1 atom stereocenters. The highest BCUT2D eigenvalue weighted by atomic mass is 16.5. The molecular weight excluding hydrogens is 266 g/mol. The van der Waals surface area contributed by atoms with Crippen molar-refractivity contribution in [3.63, 3.8) is 0 Å². The summed E-state index contributed by atoms with van der Waals surface area (Å²) in [4.78, 5) is 12.7. The van der Waals surface area contributed by atoms with Gasteiger partial charge in [-0.1, -0.05) is 0 Å². The average Bonchev–Trinajstić information content (AvgIpc) is 2.99. The van der Waals surface area contributed by atoms with E-state index in [1.807, 2.05) is 0 Å². The van der Waals surface area contributed by atoms with Crippen LogP contribution in [0, 0.1) is 23.7 Å². The molecule has 5 rings (SSSR count). The van der Waals surface area contributed by atoms with Crippen molar-refractivity contribution in [3.05, 3.63) is 0 Å². The molecule has 0 aromatic heterocycles. The van der Waals surface area contributed by atoms with E-state index in [4.69, 9.17) is 9.47 Å². The maximum atomic E-state index is 12.7. The number of nitrogens with one attached hydrogen (secondary N) is 1. The normalized spacial score (nSPS) is 47.8. The predicted octanol–water partition coefficient (Wildman–Crippen LogP) is 2.12. The maximum absolute atomic E-state index is 12.7. The summed E-state index contributed by atoms with van der Waals surface area (Å²) in [6.45, 7) is 1.67. The Hall–Kier alpha value is -0.610. The minimum absolute atomic E-state index is 0.0192. The number of methoxy groups -OCH3 is 1. The molecule has 118 valence electrons. The number of carbonyl (C=O) groups excluding carboxylic acids is 1. The standard InChI is InChI=1S/C17H27NO3/c1-20-16(19)17(18-10-15-3-2-4-21-15)13-6-11-5-12(8-13)9-14(17)7-11/h11-15,18H,2-10H2,1H3. The number of esters is 1. The summed E-state index contributed by atoms with van der Waals surface area (Å²) in [6, 6.07) is 0. The Morgan fingerprint density at radius 1 is 1.19 bits per heavy atom. The van der Waals surface area contributed by atoms with E-state index in [1.165, 1.54) is 32.1 Å². The monoisotopic (exact) mass is 293 g/mol. The first-order chi connectivity index (χ1) is 10.2. The van der Waals surface area contributed by atoms with Crippen LogP contribution >= 0.6 is 0 Å². The van der Waals surface area contributed by atoms with E-state index in [1.54, 1.807) is 7.11 Å². The molecule has 4 saturated carbocycles. The third kappa shape index (κ3) is 2.14. The number of hydrogen-bond donors (Lipinski definition) is 1. The molecule has 1 aliphatic heterocycles. The van der Waals surface area contributed by atoms with Crippen LogP contribution in [0.25, 0.3) is 0 Å².